The molecule has 3 nitrogen and oxygen atoms in total. The Kier molecular flexibility index (Phi) is 3.53. The van der Waals surface area contributed by atoms with Crippen molar-refractivity contribution in [3.05, 3.63) is 42.7 Å². The molecule has 1 saturated carbocycles. The molecule has 0 radical (unpaired) electrons. The second-order valence-electron chi connectivity index (χ2n) is 5.61. The van der Waals surface area contributed by atoms with E-state index in [4.69, 9.17) is 0 Å². The molecular weight excluding hydrogens is 234 g/mol. The lowest BCUT2D eigenvalue weighted by molar-refractivity contribution is 0.358. The van der Waals surface area contributed by atoms with Gasteiger partial charge in [0.25, 0.3) is 0 Å². The van der Waals surface area contributed by atoms with Crippen molar-refractivity contribution >= 4 is 5.69 Å². The molecule has 1 aliphatic rings. The highest BCUT2D eigenvalue weighted by atomic mass is 15.3. The molecule has 1 fully saturated rings. The first-order valence-corrected chi connectivity index (χ1v) is 7.18. The highest BCUT2D eigenvalue weighted by molar-refractivity contribution is 5.49. The third-order valence-electron chi connectivity index (χ3n) is 3.94. The van der Waals surface area contributed by atoms with Gasteiger partial charge in [0, 0.05) is 24.1 Å². The van der Waals surface area contributed by atoms with Gasteiger partial charge in [-0.15, -0.1) is 0 Å². The molecule has 1 aromatic heterocycles. The Morgan fingerprint density at radius 3 is 2.74 bits per heavy atom. The van der Waals surface area contributed by atoms with E-state index in [0.29, 0.717) is 6.04 Å². The van der Waals surface area contributed by atoms with Crippen LogP contribution in [0.4, 0.5) is 5.69 Å². The molecule has 1 aliphatic carbocycles. The van der Waals surface area contributed by atoms with Gasteiger partial charge < -0.3 is 5.32 Å². The Morgan fingerprint density at radius 2 is 2.05 bits per heavy atom. The highest BCUT2D eigenvalue weighted by Gasteiger charge is 2.18. The van der Waals surface area contributed by atoms with Crippen LogP contribution in [0.3, 0.4) is 0 Å². The van der Waals surface area contributed by atoms with Gasteiger partial charge in [-0.25, -0.2) is 4.68 Å². The first-order valence-electron chi connectivity index (χ1n) is 7.18. The number of hydrogen-bond acceptors (Lipinski definition) is 2. The lowest BCUT2D eigenvalue weighted by atomic mass is 9.87. The maximum absolute atomic E-state index is 4.24. The minimum atomic E-state index is 0.638. The van der Waals surface area contributed by atoms with E-state index in [1.54, 1.807) is 6.20 Å². The minimum Gasteiger partial charge on any atom is -0.382 e. The molecule has 1 heterocycles. The molecule has 0 aliphatic heterocycles. The monoisotopic (exact) mass is 255 g/mol. The molecule has 3 heteroatoms. The number of nitrogens with zero attached hydrogens (tertiary/aromatic N) is 2. The third kappa shape index (κ3) is 2.98. The first kappa shape index (κ1) is 12.3. The number of rotatable bonds is 3. The number of nitrogens with one attached hydrogen (secondary N) is 1. The van der Waals surface area contributed by atoms with Crippen molar-refractivity contribution < 1.29 is 0 Å². The van der Waals surface area contributed by atoms with Crippen molar-refractivity contribution in [2.45, 2.75) is 38.6 Å². The summed E-state index contributed by atoms with van der Waals surface area (Å²) in [6.07, 6.45) is 9.09. The smallest absolute Gasteiger partial charge is 0.0647 e. The third-order valence-corrected chi connectivity index (χ3v) is 3.94. The van der Waals surface area contributed by atoms with E-state index in [1.807, 2.05) is 16.9 Å². The summed E-state index contributed by atoms with van der Waals surface area (Å²) >= 11 is 0. The van der Waals surface area contributed by atoms with E-state index < -0.39 is 0 Å². The summed E-state index contributed by atoms with van der Waals surface area (Å²) in [5.41, 5.74) is 2.32. The van der Waals surface area contributed by atoms with E-state index in [9.17, 15) is 0 Å². The van der Waals surface area contributed by atoms with Crippen molar-refractivity contribution in [3.63, 3.8) is 0 Å². The predicted octanol–water partition coefficient (Wildman–Crippen LogP) is 3.86. The predicted molar refractivity (Wildman–Crippen MR) is 78.6 cm³/mol. The van der Waals surface area contributed by atoms with Crippen LogP contribution in [-0.2, 0) is 0 Å². The van der Waals surface area contributed by atoms with E-state index in [1.165, 1.54) is 31.4 Å². The Morgan fingerprint density at radius 1 is 1.21 bits per heavy atom. The lowest BCUT2D eigenvalue weighted by Crippen LogP contribution is -2.26. The van der Waals surface area contributed by atoms with Crippen LogP contribution in [0, 0.1) is 5.92 Å². The van der Waals surface area contributed by atoms with Gasteiger partial charge in [0.1, 0.15) is 0 Å². The van der Waals surface area contributed by atoms with Gasteiger partial charge in [-0.2, -0.15) is 5.10 Å². The van der Waals surface area contributed by atoms with Crippen LogP contribution >= 0.6 is 0 Å². The first-order chi connectivity index (χ1) is 9.31. The summed E-state index contributed by atoms with van der Waals surface area (Å²) in [5, 5.41) is 7.89. The van der Waals surface area contributed by atoms with Crippen LogP contribution in [0.2, 0.25) is 0 Å². The molecule has 0 spiro atoms. The van der Waals surface area contributed by atoms with Crippen LogP contribution in [0.25, 0.3) is 5.69 Å². The van der Waals surface area contributed by atoms with Crippen molar-refractivity contribution in [1.29, 1.82) is 0 Å². The van der Waals surface area contributed by atoms with Gasteiger partial charge in [-0.1, -0.05) is 19.8 Å². The zero-order valence-corrected chi connectivity index (χ0v) is 11.4. The summed E-state index contributed by atoms with van der Waals surface area (Å²) < 4.78 is 1.88. The van der Waals surface area contributed by atoms with Crippen LogP contribution < -0.4 is 5.32 Å². The van der Waals surface area contributed by atoms with Crippen molar-refractivity contribution in [2.24, 2.45) is 5.92 Å². The van der Waals surface area contributed by atoms with Gasteiger partial charge in [0.15, 0.2) is 0 Å². The fourth-order valence-electron chi connectivity index (χ4n) is 2.93. The number of aromatic nitrogens is 2. The Balaban J connectivity index is 1.66. The molecule has 3 rings (SSSR count). The Bertz CT molecular complexity index is 501. The molecule has 2 atom stereocenters. The van der Waals surface area contributed by atoms with Crippen LogP contribution in [-0.4, -0.2) is 15.8 Å². The van der Waals surface area contributed by atoms with Crippen LogP contribution in [0.5, 0.6) is 0 Å². The quantitative estimate of drug-likeness (QED) is 0.902. The largest absolute Gasteiger partial charge is 0.382 e. The van der Waals surface area contributed by atoms with E-state index in [2.05, 4.69) is 41.6 Å². The fourth-order valence-corrected chi connectivity index (χ4v) is 2.93. The Hall–Kier alpha value is -1.77. The standard InChI is InChI=1S/C16H21N3/c1-13-4-2-5-15(12-13)18-14-6-8-16(9-7-14)19-11-3-10-17-19/h3,6-11,13,15,18H,2,4-5,12H2,1H3. The van der Waals surface area contributed by atoms with Gasteiger partial charge in [-0.05, 0) is 49.1 Å². The summed E-state index contributed by atoms with van der Waals surface area (Å²) in [4.78, 5) is 0. The molecular formula is C16H21N3. The highest BCUT2D eigenvalue weighted by Crippen LogP contribution is 2.26. The molecule has 1 N–H and O–H groups in total. The number of hydrogen-bond donors (Lipinski definition) is 1. The summed E-state index contributed by atoms with van der Waals surface area (Å²) in [7, 11) is 0. The second kappa shape index (κ2) is 5.47. The molecule has 100 valence electrons. The average molecular weight is 255 g/mol. The number of anilines is 1. The van der Waals surface area contributed by atoms with Crippen LogP contribution in [0.1, 0.15) is 32.6 Å². The normalized spacial score (nSPS) is 23.2. The maximum Gasteiger partial charge on any atom is 0.0647 e. The molecule has 2 aromatic rings. The van der Waals surface area contributed by atoms with Gasteiger partial charge >= 0.3 is 0 Å². The molecule has 2 unspecified atom stereocenters. The second-order valence-corrected chi connectivity index (χ2v) is 5.61. The topological polar surface area (TPSA) is 29.9 Å². The summed E-state index contributed by atoms with van der Waals surface area (Å²) in [5.74, 6) is 0.856. The molecule has 1 aromatic carbocycles. The van der Waals surface area contributed by atoms with E-state index >= 15 is 0 Å². The van der Waals surface area contributed by atoms with Crippen LogP contribution in [0.15, 0.2) is 42.7 Å². The average Bonchev–Trinajstić information content (AvgIpc) is 2.94. The van der Waals surface area contributed by atoms with Gasteiger partial charge in [-0.3, -0.25) is 0 Å². The zero-order valence-electron chi connectivity index (χ0n) is 11.4. The number of benzene rings is 1. The molecule has 0 saturated heterocycles. The fraction of sp³-hybridized carbons (Fsp3) is 0.438. The van der Waals surface area contributed by atoms with E-state index in [-0.39, 0.29) is 0 Å². The maximum atomic E-state index is 4.24. The SMILES string of the molecule is CC1CCCC(Nc2ccc(-n3cccn3)cc2)C1. The summed E-state index contributed by atoms with van der Waals surface area (Å²) in [6, 6.07) is 11.1. The molecule has 0 bridgehead atoms. The van der Waals surface area contributed by atoms with Gasteiger partial charge in [0.05, 0.1) is 5.69 Å². The Labute approximate surface area is 114 Å². The molecule has 19 heavy (non-hydrogen) atoms. The van der Waals surface area contributed by atoms with Crippen molar-refractivity contribution in [2.75, 3.05) is 5.32 Å². The molecule has 0 amide bonds. The van der Waals surface area contributed by atoms with Gasteiger partial charge in [0.2, 0.25) is 0 Å². The van der Waals surface area contributed by atoms with E-state index in [0.717, 1.165) is 11.6 Å². The summed E-state index contributed by atoms with van der Waals surface area (Å²) in [6.45, 7) is 2.36. The minimum absolute atomic E-state index is 0.638. The lowest BCUT2D eigenvalue weighted by Gasteiger charge is -2.28. The van der Waals surface area contributed by atoms with Crippen molar-refractivity contribution in [3.8, 4) is 5.69 Å². The zero-order chi connectivity index (χ0) is 13.1. The van der Waals surface area contributed by atoms with Crippen molar-refractivity contribution in [1.82, 2.24) is 9.78 Å².